The summed E-state index contributed by atoms with van der Waals surface area (Å²) in [5.74, 6) is 0.563. The van der Waals surface area contributed by atoms with Gasteiger partial charge in [-0.1, -0.05) is 0 Å². The van der Waals surface area contributed by atoms with Crippen molar-refractivity contribution in [3.63, 3.8) is 0 Å². The van der Waals surface area contributed by atoms with E-state index in [9.17, 15) is 9.59 Å². The lowest BCUT2D eigenvalue weighted by Crippen LogP contribution is -2.25. The number of hydrogen-bond acceptors (Lipinski definition) is 5. The molecule has 0 saturated carbocycles. The summed E-state index contributed by atoms with van der Waals surface area (Å²) >= 11 is 0. The smallest absolute Gasteiger partial charge is 0.274 e. The molecule has 2 amide bonds. The quantitative estimate of drug-likeness (QED) is 0.668. The van der Waals surface area contributed by atoms with Crippen LogP contribution in [0.2, 0.25) is 0 Å². The Morgan fingerprint density at radius 3 is 2.63 bits per heavy atom. The summed E-state index contributed by atoms with van der Waals surface area (Å²) in [7, 11) is 1.68. The van der Waals surface area contributed by atoms with E-state index < -0.39 is 5.91 Å². The molecule has 0 aliphatic heterocycles. The van der Waals surface area contributed by atoms with E-state index in [0.717, 1.165) is 0 Å². The van der Waals surface area contributed by atoms with Crippen LogP contribution >= 0.6 is 0 Å². The molecule has 0 aliphatic rings. The molecule has 3 rings (SSSR count). The first kappa shape index (κ1) is 18.2. The third kappa shape index (κ3) is 4.55. The number of furan rings is 1. The summed E-state index contributed by atoms with van der Waals surface area (Å²) in [6.07, 6.45) is 3.11. The molecule has 27 heavy (non-hydrogen) atoms. The number of carbonyl (C=O) groups excluding carboxylic acids is 2. The van der Waals surface area contributed by atoms with E-state index in [2.05, 4.69) is 15.7 Å². The fourth-order valence-corrected chi connectivity index (χ4v) is 2.48. The monoisotopic (exact) mass is 368 g/mol. The Balaban J connectivity index is 1.69. The zero-order valence-corrected chi connectivity index (χ0v) is 15.1. The van der Waals surface area contributed by atoms with Gasteiger partial charge in [-0.25, -0.2) is 0 Å². The standard InChI is InChI=1S/C19H20N4O4/c1-3-26-14-8-6-13(7-9-14)18(24)21-16-12-23(2)22-17(16)19(25)20-11-15-5-4-10-27-15/h4-10,12H,3,11H2,1-2H3,(H,20,25)(H,21,24). The van der Waals surface area contributed by atoms with Gasteiger partial charge >= 0.3 is 0 Å². The van der Waals surface area contributed by atoms with Crippen molar-refractivity contribution >= 4 is 17.5 Å². The first-order valence-electron chi connectivity index (χ1n) is 8.45. The Kier molecular flexibility index (Phi) is 5.55. The number of hydrogen-bond donors (Lipinski definition) is 2. The van der Waals surface area contributed by atoms with Gasteiger partial charge in [-0.15, -0.1) is 0 Å². The van der Waals surface area contributed by atoms with Gasteiger partial charge in [-0.2, -0.15) is 5.10 Å². The first-order chi connectivity index (χ1) is 13.1. The third-order valence-corrected chi connectivity index (χ3v) is 3.72. The van der Waals surface area contributed by atoms with Crippen molar-refractivity contribution in [3.05, 3.63) is 65.9 Å². The van der Waals surface area contributed by atoms with Gasteiger partial charge in [0.05, 0.1) is 25.1 Å². The van der Waals surface area contributed by atoms with Crippen molar-refractivity contribution in [2.45, 2.75) is 13.5 Å². The number of aromatic nitrogens is 2. The number of nitrogens with zero attached hydrogens (tertiary/aromatic N) is 2. The molecule has 1 aromatic carbocycles. The van der Waals surface area contributed by atoms with Crippen molar-refractivity contribution in [2.24, 2.45) is 7.05 Å². The molecule has 8 nitrogen and oxygen atoms in total. The Bertz CT molecular complexity index is 914. The van der Waals surface area contributed by atoms with Crippen LogP contribution < -0.4 is 15.4 Å². The molecule has 8 heteroatoms. The number of carbonyl (C=O) groups is 2. The number of rotatable bonds is 7. The predicted molar refractivity (Wildman–Crippen MR) is 98.7 cm³/mol. The Morgan fingerprint density at radius 2 is 1.96 bits per heavy atom. The highest BCUT2D eigenvalue weighted by atomic mass is 16.5. The van der Waals surface area contributed by atoms with Crippen molar-refractivity contribution in [1.82, 2.24) is 15.1 Å². The molecule has 0 bridgehead atoms. The molecule has 0 aliphatic carbocycles. The summed E-state index contributed by atoms with van der Waals surface area (Å²) < 4.78 is 12.0. The van der Waals surface area contributed by atoms with E-state index in [0.29, 0.717) is 29.4 Å². The average Bonchev–Trinajstić information content (AvgIpc) is 3.30. The Morgan fingerprint density at radius 1 is 1.19 bits per heavy atom. The van der Waals surface area contributed by atoms with Gasteiger partial charge in [0.15, 0.2) is 5.69 Å². The van der Waals surface area contributed by atoms with E-state index in [1.807, 2.05) is 6.92 Å². The second kappa shape index (κ2) is 8.22. The van der Waals surface area contributed by atoms with Crippen LogP contribution in [0.1, 0.15) is 33.5 Å². The lowest BCUT2D eigenvalue weighted by Gasteiger charge is -2.07. The van der Waals surface area contributed by atoms with Gasteiger partial charge in [0.25, 0.3) is 11.8 Å². The highest BCUT2D eigenvalue weighted by molar-refractivity contribution is 6.08. The first-order valence-corrected chi connectivity index (χ1v) is 8.45. The SMILES string of the molecule is CCOc1ccc(C(=O)Nc2cn(C)nc2C(=O)NCc2ccco2)cc1. The highest BCUT2D eigenvalue weighted by Gasteiger charge is 2.18. The normalized spacial score (nSPS) is 10.4. The van der Waals surface area contributed by atoms with Crippen LogP contribution in [0.15, 0.2) is 53.3 Å². The molecule has 2 N–H and O–H groups in total. The lowest BCUT2D eigenvalue weighted by atomic mass is 10.2. The summed E-state index contributed by atoms with van der Waals surface area (Å²) in [4.78, 5) is 24.9. The number of benzene rings is 1. The maximum absolute atomic E-state index is 12.5. The van der Waals surface area contributed by atoms with E-state index in [4.69, 9.17) is 9.15 Å². The van der Waals surface area contributed by atoms with Crippen molar-refractivity contribution < 1.29 is 18.7 Å². The predicted octanol–water partition coefficient (Wildman–Crippen LogP) is 2.59. The number of ether oxygens (including phenoxy) is 1. The molecule has 0 fully saturated rings. The molecular weight excluding hydrogens is 348 g/mol. The molecule has 2 heterocycles. The fourth-order valence-electron chi connectivity index (χ4n) is 2.48. The van der Waals surface area contributed by atoms with Crippen LogP contribution in [0.4, 0.5) is 5.69 Å². The lowest BCUT2D eigenvalue weighted by molar-refractivity contribution is 0.0943. The Labute approximate surface area is 156 Å². The number of aryl methyl sites for hydroxylation is 1. The molecule has 0 spiro atoms. The zero-order valence-electron chi connectivity index (χ0n) is 15.1. The van der Waals surface area contributed by atoms with E-state index in [-0.39, 0.29) is 18.1 Å². The van der Waals surface area contributed by atoms with Gasteiger partial charge in [0, 0.05) is 18.8 Å². The van der Waals surface area contributed by atoms with Gasteiger partial charge in [-0.3, -0.25) is 14.3 Å². The van der Waals surface area contributed by atoms with E-state index >= 15 is 0 Å². The third-order valence-electron chi connectivity index (χ3n) is 3.72. The summed E-state index contributed by atoms with van der Waals surface area (Å²) in [6, 6.07) is 10.3. The molecule has 0 atom stereocenters. The number of amides is 2. The van der Waals surface area contributed by atoms with Crippen LogP contribution in [0.25, 0.3) is 0 Å². The van der Waals surface area contributed by atoms with Gasteiger partial charge in [0.1, 0.15) is 11.5 Å². The topological polar surface area (TPSA) is 98.4 Å². The van der Waals surface area contributed by atoms with Gasteiger partial charge in [-0.05, 0) is 43.3 Å². The van der Waals surface area contributed by atoms with Crippen molar-refractivity contribution in [1.29, 1.82) is 0 Å². The molecule has 0 unspecified atom stereocenters. The van der Waals surface area contributed by atoms with Crippen LogP contribution in [0.3, 0.4) is 0 Å². The van der Waals surface area contributed by atoms with E-state index in [1.165, 1.54) is 10.9 Å². The minimum absolute atomic E-state index is 0.128. The Hall–Kier alpha value is -3.55. The molecule has 140 valence electrons. The highest BCUT2D eigenvalue weighted by Crippen LogP contribution is 2.17. The summed E-state index contributed by atoms with van der Waals surface area (Å²) in [5, 5.41) is 9.57. The number of anilines is 1. The summed E-state index contributed by atoms with van der Waals surface area (Å²) in [5.41, 5.74) is 0.904. The van der Waals surface area contributed by atoms with Crippen molar-refractivity contribution in [2.75, 3.05) is 11.9 Å². The molecule has 2 aromatic heterocycles. The molecule has 0 radical (unpaired) electrons. The van der Waals surface area contributed by atoms with Crippen LogP contribution in [-0.2, 0) is 13.6 Å². The van der Waals surface area contributed by atoms with Crippen LogP contribution in [0, 0.1) is 0 Å². The van der Waals surface area contributed by atoms with Crippen LogP contribution in [-0.4, -0.2) is 28.2 Å². The maximum Gasteiger partial charge on any atom is 0.274 e. The molecule has 3 aromatic rings. The maximum atomic E-state index is 12.5. The number of nitrogens with one attached hydrogen (secondary N) is 2. The fraction of sp³-hybridized carbons (Fsp3) is 0.211. The second-order valence-electron chi connectivity index (χ2n) is 5.74. The van der Waals surface area contributed by atoms with Gasteiger partial charge < -0.3 is 19.8 Å². The second-order valence-corrected chi connectivity index (χ2v) is 5.74. The largest absolute Gasteiger partial charge is 0.494 e. The van der Waals surface area contributed by atoms with Crippen LogP contribution in [0.5, 0.6) is 5.75 Å². The summed E-state index contributed by atoms with van der Waals surface area (Å²) in [6.45, 7) is 2.67. The minimum atomic E-state index is -0.408. The minimum Gasteiger partial charge on any atom is -0.494 e. The van der Waals surface area contributed by atoms with Gasteiger partial charge in [0.2, 0.25) is 0 Å². The average molecular weight is 368 g/mol. The zero-order chi connectivity index (χ0) is 19.2. The molecular formula is C19H20N4O4. The van der Waals surface area contributed by atoms with E-state index in [1.54, 1.807) is 49.6 Å². The van der Waals surface area contributed by atoms with Crippen molar-refractivity contribution in [3.8, 4) is 5.75 Å². The molecule has 0 saturated heterocycles.